The Labute approximate surface area is 120 Å². The molecule has 0 saturated carbocycles. The smallest absolute Gasteiger partial charge is 0.147 e. The van der Waals surface area contributed by atoms with Crippen LogP contribution in [0.4, 0.5) is 0 Å². The van der Waals surface area contributed by atoms with Crippen molar-refractivity contribution in [2.75, 3.05) is 13.1 Å². The van der Waals surface area contributed by atoms with Crippen molar-refractivity contribution in [3.8, 4) is 0 Å². The highest BCUT2D eigenvalue weighted by Gasteiger charge is 2.35. The highest BCUT2D eigenvalue weighted by molar-refractivity contribution is 5.00. The van der Waals surface area contributed by atoms with E-state index in [0.717, 1.165) is 31.4 Å². The third-order valence-electron chi connectivity index (χ3n) is 5.31. The van der Waals surface area contributed by atoms with Gasteiger partial charge in [0.25, 0.3) is 0 Å². The average Bonchev–Trinajstić information content (AvgIpc) is 3.09. The molecule has 1 N–H and O–H groups in total. The first kappa shape index (κ1) is 12.8. The molecule has 1 aromatic heterocycles. The van der Waals surface area contributed by atoms with Crippen molar-refractivity contribution in [1.82, 2.24) is 25.0 Å². The largest absolute Gasteiger partial charge is 0.314 e. The summed E-state index contributed by atoms with van der Waals surface area (Å²) < 4.78 is 2.34. The van der Waals surface area contributed by atoms with Gasteiger partial charge in [-0.25, -0.2) is 0 Å². The number of rotatable bonds is 3. The number of piperidine rings is 1. The quantitative estimate of drug-likeness (QED) is 0.904. The van der Waals surface area contributed by atoms with Crippen molar-refractivity contribution < 1.29 is 0 Å². The van der Waals surface area contributed by atoms with Gasteiger partial charge in [-0.15, -0.1) is 10.2 Å². The summed E-state index contributed by atoms with van der Waals surface area (Å²) in [6, 6.07) is 1.43. The summed E-state index contributed by atoms with van der Waals surface area (Å²) in [5, 5.41) is 12.5. The maximum atomic E-state index is 4.40. The molecule has 0 amide bonds. The lowest BCUT2D eigenvalue weighted by atomic mass is 9.99. The summed E-state index contributed by atoms with van der Waals surface area (Å²) in [5.74, 6) is 2.34. The van der Waals surface area contributed by atoms with Crippen LogP contribution in [-0.2, 0) is 19.5 Å². The van der Waals surface area contributed by atoms with Crippen molar-refractivity contribution >= 4 is 0 Å². The Morgan fingerprint density at radius 3 is 2.95 bits per heavy atom. The van der Waals surface area contributed by atoms with Gasteiger partial charge in [-0.3, -0.25) is 4.90 Å². The third kappa shape index (κ3) is 2.27. The zero-order valence-corrected chi connectivity index (χ0v) is 12.2. The second kappa shape index (κ2) is 5.45. The van der Waals surface area contributed by atoms with Crippen LogP contribution < -0.4 is 5.32 Å². The summed E-state index contributed by atoms with van der Waals surface area (Å²) in [7, 11) is 0. The van der Waals surface area contributed by atoms with Crippen molar-refractivity contribution in [3.05, 3.63) is 11.6 Å². The Hall–Kier alpha value is -0.940. The summed E-state index contributed by atoms with van der Waals surface area (Å²) in [6.07, 6.45) is 9.11. The molecule has 0 spiro atoms. The van der Waals surface area contributed by atoms with E-state index in [1.54, 1.807) is 0 Å². The molecule has 0 aromatic carbocycles. The number of nitrogens with zero attached hydrogens (tertiary/aromatic N) is 4. The fourth-order valence-electron chi connectivity index (χ4n) is 4.21. The molecule has 1 aromatic rings. The third-order valence-corrected chi connectivity index (χ3v) is 5.31. The van der Waals surface area contributed by atoms with Gasteiger partial charge >= 0.3 is 0 Å². The Kier molecular flexibility index (Phi) is 3.48. The molecule has 2 fully saturated rings. The first-order valence-electron chi connectivity index (χ1n) is 8.30. The van der Waals surface area contributed by atoms with Crippen LogP contribution in [0.15, 0.2) is 0 Å². The molecule has 110 valence electrons. The highest BCUT2D eigenvalue weighted by atomic mass is 15.3. The van der Waals surface area contributed by atoms with E-state index in [1.165, 1.54) is 57.4 Å². The van der Waals surface area contributed by atoms with E-state index in [-0.39, 0.29) is 0 Å². The summed E-state index contributed by atoms with van der Waals surface area (Å²) in [6.45, 7) is 4.59. The van der Waals surface area contributed by atoms with Gasteiger partial charge in [0.15, 0.2) is 0 Å². The zero-order valence-electron chi connectivity index (χ0n) is 12.2. The van der Waals surface area contributed by atoms with Gasteiger partial charge in [0.2, 0.25) is 0 Å². The molecule has 2 unspecified atom stereocenters. The van der Waals surface area contributed by atoms with E-state index in [9.17, 15) is 0 Å². The van der Waals surface area contributed by atoms with E-state index in [4.69, 9.17) is 0 Å². The van der Waals surface area contributed by atoms with Crippen LogP contribution in [0, 0.1) is 0 Å². The second-order valence-electron chi connectivity index (χ2n) is 6.52. The zero-order chi connectivity index (χ0) is 13.4. The molecule has 2 saturated heterocycles. The SMILES string of the molecule is C1CCn2c(nnc2CNC2CCN3CCCCC23)C1. The number of aryl methyl sites for hydroxylation is 1. The minimum Gasteiger partial charge on any atom is -0.314 e. The van der Waals surface area contributed by atoms with Gasteiger partial charge < -0.3 is 9.88 Å². The fourth-order valence-corrected chi connectivity index (χ4v) is 4.21. The van der Waals surface area contributed by atoms with Gasteiger partial charge in [-0.2, -0.15) is 0 Å². The van der Waals surface area contributed by atoms with Gasteiger partial charge in [0.1, 0.15) is 11.6 Å². The Morgan fingerprint density at radius 1 is 1.00 bits per heavy atom. The molecule has 0 radical (unpaired) electrons. The van der Waals surface area contributed by atoms with E-state index >= 15 is 0 Å². The second-order valence-corrected chi connectivity index (χ2v) is 6.52. The number of nitrogens with one attached hydrogen (secondary N) is 1. The van der Waals surface area contributed by atoms with Crippen molar-refractivity contribution in [2.24, 2.45) is 0 Å². The molecular formula is C15H25N5. The Bertz CT molecular complexity index is 469. The molecule has 5 nitrogen and oxygen atoms in total. The van der Waals surface area contributed by atoms with Crippen molar-refractivity contribution in [1.29, 1.82) is 0 Å². The minimum absolute atomic E-state index is 0.659. The lowest BCUT2D eigenvalue weighted by molar-refractivity contribution is 0.180. The standard InChI is InChI=1S/C15H25N5/c1-3-8-19-10-7-12(13(19)5-1)16-11-15-18-17-14-6-2-4-9-20(14)15/h12-13,16H,1-11H2. The van der Waals surface area contributed by atoms with Gasteiger partial charge in [-0.1, -0.05) is 6.42 Å². The topological polar surface area (TPSA) is 46.0 Å². The minimum atomic E-state index is 0.659. The van der Waals surface area contributed by atoms with Crippen LogP contribution in [0.2, 0.25) is 0 Å². The molecule has 20 heavy (non-hydrogen) atoms. The van der Waals surface area contributed by atoms with Crippen LogP contribution in [0.3, 0.4) is 0 Å². The molecule has 4 rings (SSSR count). The van der Waals surface area contributed by atoms with E-state index in [0.29, 0.717) is 6.04 Å². The molecule has 3 aliphatic rings. The number of hydrogen-bond donors (Lipinski definition) is 1. The Morgan fingerprint density at radius 2 is 1.95 bits per heavy atom. The Balaban J connectivity index is 1.39. The van der Waals surface area contributed by atoms with E-state index < -0.39 is 0 Å². The fraction of sp³-hybridized carbons (Fsp3) is 0.867. The number of fused-ring (bicyclic) bond motifs is 2. The molecule has 0 bridgehead atoms. The van der Waals surface area contributed by atoms with Gasteiger partial charge in [-0.05, 0) is 38.6 Å². The molecule has 2 atom stereocenters. The van der Waals surface area contributed by atoms with Crippen LogP contribution in [0.25, 0.3) is 0 Å². The van der Waals surface area contributed by atoms with E-state index in [1.807, 2.05) is 0 Å². The van der Waals surface area contributed by atoms with Crippen LogP contribution in [0.1, 0.15) is 50.2 Å². The maximum absolute atomic E-state index is 4.40. The molecule has 0 aliphatic carbocycles. The lowest BCUT2D eigenvalue weighted by Gasteiger charge is -2.32. The van der Waals surface area contributed by atoms with Gasteiger partial charge in [0, 0.05) is 31.6 Å². The van der Waals surface area contributed by atoms with Crippen LogP contribution in [0.5, 0.6) is 0 Å². The summed E-state index contributed by atoms with van der Waals surface area (Å²) in [5.41, 5.74) is 0. The highest BCUT2D eigenvalue weighted by Crippen LogP contribution is 2.27. The predicted octanol–water partition coefficient (Wildman–Crippen LogP) is 1.33. The molecule has 5 heteroatoms. The number of hydrogen-bond acceptors (Lipinski definition) is 4. The van der Waals surface area contributed by atoms with Crippen LogP contribution >= 0.6 is 0 Å². The van der Waals surface area contributed by atoms with Gasteiger partial charge in [0.05, 0.1) is 6.54 Å². The summed E-state index contributed by atoms with van der Waals surface area (Å²) >= 11 is 0. The monoisotopic (exact) mass is 275 g/mol. The van der Waals surface area contributed by atoms with Crippen molar-refractivity contribution in [2.45, 2.75) is 70.1 Å². The van der Waals surface area contributed by atoms with Crippen molar-refractivity contribution in [3.63, 3.8) is 0 Å². The molecule has 3 aliphatic heterocycles. The first-order chi connectivity index (χ1) is 9.92. The average molecular weight is 275 g/mol. The van der Waals surface area contributed by atoms with Crippen LogP contribution in [-0.4, -0.2) is 44.8 Å². The maximum Gasteiger partial charge on any atom is 0.147 e. The normalized spacial score (nSPS) is 30.2. The molecule has 4 heterocycles. The number of aromatic nitrogens is 3. The van der Waals surface area contributed by atoms with E-state index in [2.05, 4.69) is 25.0 Å². The first-order valence-corrected chi connectivity index (χ1v) is 8.30. The molecular weight excluding hydrogens is 250 g/mol. The predicted molar refractivity (Wildman–Crippen MR) is 77.4 cm³/mol. The lowest BCUT2D eigenvalue weighted by Crippen LogP contribution is -2.44. The summed E-state index contributed by atoms with van der Waals surface area (Å²) in [4.78, 5) is 2.68.